The fourth-order valence-electron chi connectivity index (χ4n) is 2.74. The van der Waals surface area contributed by atoms with Crippen LogP contribution in [-0.2, 0) is 7.05 Å². The molecule has 6 nitrogen and oxygen atoms in total. The van der Waals surface area contributed by atoms with Crippen LogP contribution in [0.1, 0.15) is 10.5 Å². The van der Waals surface area contributed by atoms with Crippen molar-refractivity contribution < 1.29 is 4.79 Å². The Kier molecular flexibility index (Phi) is 5.01. The number of aryl methyl sites for hydroxylation is 1. The summed E-state index contributed by atoms with van der Waals surface area (Å²) >= 11 is 10.7. The Bertz CT molecular complexity index is 1270. The minimum Gasteiger partial charge on any atom is -0.296 e. The highest BCUT2D eigenvalue weighted by Gasteiger charge is 2.18. The third-order valence-electron chi connectivity index (χ3n) is 4.10. The molecule has 9 heteroatoms. The van der Waals surface area contributed by atoms with Gasteiger partial charge in [0.05, 0.1) is 16.6 Å². The first-order valence-electron chi connectivity index (χ1n) is 8.12. The summed E-state index contributed by atoms with van der Waals surface area (Å²) in [6, 6.07) is 12.6. The van der Waals surface area contributed by atoms with E-state index in [1.165, 1.54) is 22.1 Å². The number of benzene rings is 2. The Balaban J connectivity index is 1.65. The van der Waals surface area contributed by atoms with E-state index in [-0.39, 0.29) is 5.69 Å². The van der Waals surface area contributed by atoms with Crippen LogP contribution in [0.4, 0.5) is 5.13 Å². The maximum absolute atomic E-state index is 12.7. The highest BCUT2D eigenvalue weighted by Crippen LogP contribution is 2.26. The summed E-state index contributed by atoms with van der Waals surface area (Å²) in [5.41, 5.74) is 1.57. The van der Waals surface area contributed by atoms with Crippen LogP contribution in [0.15, 0.2) is 57.1 Å². The summed E-state index contributed by atoms with van der Waals surface area (Å²) in [5, 5.41) is 9.76. The van der Waals surface area contributed by atoms with Gasteiger partial charge in [0.25, 0.3) is 5.91 Å². The van der Waals surface area contributed by atoms with Crippen LogP contribution in [-0.4, -0.2) is 20.7 Å². The summed E-state index contributed by atoms with van der Waals surface area (Å²) in [5.74, 6) is -0.612. The maximum atomic E-state index is 12.7. The summed E-state index contributed by atoms with van der Waals surface area (Å²) in [7, 11) is 1.67. The SMILES string of the molecule is Cn1nc(C(=O)Nc2nc(-c3ccc(Br)cc3)cs2)c(=O)c2cc(Cl)ccc21. The molecule has 1 N–H and O–H groups in total. The zero-order valence-electron chi connectivity index (χ0n) is 14.4. The van der Waals surface area contributed by atoms with E-state index in [0.29, 0.717) is 21.1 Å². The van der Waals surface area contributed by atoms with E-state index in [1.54, 1.807) is 19.2 Å². The van der Waals surface area contributed by atoms with Crippen molar-refractivity contribution in [2.24, 2.45) is 7.05 Å². The van der Waals surface area contributed by atoms with Crippen LogP contribution in [0.3, 0.4) is 0 Å². The Morgan fingerprint density at radius 1 is 1.21 bits per heavy atom. The number of hydrogen-bond acceptors (Lipinski definition) is 5. The standard InChI is InChI=1S/C19H12BrClN4O2S/c1-25-15-7-6-12(21)8-13(15)17(26)16(24-25)18(27)23-19-22-14(9-28-19)10-2-4-11(20)5-3-10/h2-9H,1H3,(H,22,23,27). The highest BCUT2D eigenvalue weighted by molar-refractivity contribution is 9.10. The van der Waals surface area contributed by atoms with E-state index < -0.39 is 11.3 Å². The van der Waals surface area contributed by atoms with E-state index in [4.69, 9.17) is 11.6 Å². The molecule has 0 aliphatic heterocycles. The Labute approximate surface area is 176 Å². The van der Waals surface area contributed by atoms with Gasteiger partial charge in [-0.2, -0.15) is 5.10 Å². The molecule has 0 saturated carbocycles. The van der Waals surface area contributed by atoms with E-state index in [1.807, 2.05) is 29.6 Å². The number of halogens is 2. The molecule has 0 bridgehead atoms. The average Bonchev–Trinajstić information content (AvgIpc) is 3.13. The monoisotopic (exact) mass is 474 g/mol. The zero-order chi connectivity index (χ0) is 19.8. The van der Waals surface area contributed by atoms with E-state index in [2.05, 4.69) is 31.3 Å². The van der Waals surface area contributed by atoms with Gasteiger partial charge in [-0.05, 0) is 30.3 Å². The lowest BCUT2D eigenvalue weighted by molar-refractivity contribution is 0.101. The van der Waals surface area contributed by atoms with Crippen LogP contribution in [0.5, 0.6) is 0 Å². The number of hydrogen-bond donors (Lipinski definition) is 1. The minimum atomic E-state index is -0.612. The van der Waals surface area contributed by atoms with E-state index in [0.717, 1.165) is 15.7 Å². The topological polar surface area (TPSA) is 76.9 Å². The van der Waals surface area contributed by atoms with E-state index >= 15 is 0 Å². The van der Waals surface area contributed by atoms with Crippen molar-refractivity contribution in [3.8, 4) is 11.3 Å². The molecular weight excluding hydrogens is 464 g/mol. The molecule has 2 heterocycles. The Morgan fingerprint density at radius 3 is 2.71 bits per heavy atom. The number of aromatic nitrogens is 3. The van der Waals surface area contributed by atoms with Gasteiger partial charge in [-0.3, -0.25) is 19.6 Å². The molecule has 0 aliphatic rings. The number of carbonyl (C=O) groups excluding carboxylic acids is 1. The van der Waals surface area contributed by atoms with Gasteiger partial charge in [0.1, 0.15) is 0 Å². The molecule has 140 valence electrons. The van der Waals surface area contributed by atoms with E-state index in [9.17, 15) is 9.59 Å². The smallest absolute Gasteiger partial charge is 0.281 e. The molecule has 4 rings (SSSR count). The van der Waals surface area contributed by atoms with Gasteiger partial charge in [-0.25, -0.2) is 4.98 Å². The summed E-state index contributed by atoms with van der Waals surface area (Å²) in [6.45, 7) is 0. The lowest BCUT2D eigenvalue weighted by Gasteiger charge is -2.07. The van der Waals surface area contributed by atoms with Crippen molar-refractivity contribution >= 4 is 60.8 Å². The number of amides is 1. The molecule has 0 aliphatic carbocycles. The molecule has 0 fully saturated rings. The molecule has 0 radical (unpaired) electrons. The Morgan fingerprint density at radius 2 is 1.96 bits per heavy atom. The van der Waals surface area contributed by atoms with Gasteiger partial charge >= 0.3 is 0 Å². The minimum absolute atomic E-state index is 0.211. The molecule has 2 aromatic carbocycles. The summed E-state index contributed by atoms with van der Waals surface area (Å²) in [4.78, 5) is 29.8. The Hall–Kier alpha value is -2.55. The first-order valence-corrected chi connectivity index (χ1v) is 10.2. The normalized spacial score (nSPS) is 11.0. The molecule has 0 spiro atoms. The van der Waals surface area contributed by atoms with Crippen LogP contribution in [0, 0.1) is 0 Å². The molecule has 4 aromatic rings. The van der Waals surface area contributed by atoms with Gasteiger partial charge in [-0.15, -0.1) is 11.3 Å². The van der Waals surface area contributed by atoms with Crippen molar-refractivity contribution in [3.05, 3.63) is 73.3 Å². The van der Waals surface area contributed by atoms with Gasteiger partial charge in [0.2, 0.25) is 5.43 Å². The first kappa shape index (κ1) is 18.8. The van der Waals surface area contributed by atoms with Crippen molar-refractivity contribution in [2.45, 2.75) is 0 Å². The number of fused-ring (bicyclic) bond motifs is 1. The summed E-state index contributed by atoms with van der Waals surface area (Å²) < 4.78 is 2.45. The molecule has 28 heavy (non-hydrogen) atoms. The molecule has 0 saturated heterocycles. The molecule has 0 unspecified atom stereocenters. The number of carbonyl (C=O) groups is 1. The van der Waals surface area contributed by atoms with Crippen LogP contribution in [0.25, 0.3) is 22.2 Å². The average molecular weight is 476 g/mol. The van der Waals surface area contributed by atoms with Gasteiger partial charge < -0.3 is 0 Å². The predicted molar refractivity (Wildman–Crippen MR) is 115 cm³/mol. The second-order valence-corrected chi connectivity index (χ2v) is 8.17. The number of anilines is 1. The third-order valence-corrected chi connectivity index (χ3v) is 5.62. The van der Waals surface area contributed by atoms with Crippen molar-refractivity contribution in [3.63, 3.8) is 0 Å². The van der Waals surface area contributed by atoms with Crippen molar-refractivity contribution in [1.82, 2.24) is 14.8 Å². The molecule has 2 aromatic heterocycles. The fraction of sp³-hybridized carbons (Fsp3) is 0.0526. The lowest BCUT2D eigenvalue weighted by Crippen LogP contribution is -2.26. The van der Waals surface area contributed by atoms with Crippen molar-refractivity contribution in [1.29, 1.82) is 0 Å². The number of nitrogens with one attached hydrogen (secondary N) is 1. The second kappa shape index (κ2) is 7.46. The highest BCUT2D eigenvalue weighted by atomic mass is 79.9. The number of thiazole rings is 1. The van der Waals surface area contributed by atoms with Crippen LogP contribution < -0.4 is 10.7 Å². The van der Waals surface area contributed by atoms with Crippen LogP contribution >= 0.6 is 38.9 Å². The van der Waals surface area contributed by atoms with Gasteiger partial charge in [0.15, 0.2) is 10.8 Å². The predicted octanol–water partition coefficient (Wildman–Crippen LogP) is 4.73. The molecule has 1 amide bonds. The first-order chi connectivity index (χ1) is 13.4. The van der Waals surface area contributed by atoms with Crippen LogP contribution in [0.2, 0.25) is 5.02 Å². The molecular formula is C19H12BrClN4O2S. The lowest BCUT2D eigenvalue weighted by atomic mass is 10.2. The number of nitrogens with zero attached hydrogens (tertiary/aromatic N) is 3. The summed E-state index contributed by atoms with van der Waals surface area (Å²) in [6.07, 6.45) is 0. The quantitative estimate of drug-likeness (QED) is 0.465. The van der Waals surface area contributed by atoms with Crippen molar-refractivity contribution in [2.75, 3.05) is 5.32 Å². The zero-order valence-corrected chi connectivity index (χ0v) is 17.6. The molecule has 0 atom stereocenters. The fourth-order valence-corrected chi connectivity index (χ4v) is 3.89. The number of rotatable bonds is 3. The maximum Gasteiger partial charge on any atom is 0.281 e. The largest absolute Gasteiger partial charge is 0.296 e. The van der Waals surface area contributed by atoms with Gasteiger partial charge in [-0.1, -0.05) is 39.7 Å². The van der Waals surface area contributed by atoms with Gasteiger partial charge in [0, 0.05) is 27.5 Å². The third kappa shape index (κ3) is 3.58. The second-order valence-electron chi connectivity index (χ2n) is 5.96.